The molecule has 9 nitrogen and oxygen atoms in total. The summed E-state index contributed by atoms with van der Waals surface area (Å²) in [6.45, 7) is 1.65. The summed E-state index contributed by atoms with van der Waals surface area (Å²) < 4.78 is 54.7. The van der Waals surface area contributed by atoms with Crippen molar-refractivity contribution >= 4 is 37.6 Å². The Morgan fingerprint density at radius 1 is 1.21 bits per heavy atom. The third kappa shape index (κ3) is 4.69. The van der Waals surface area contributed by atoms with E-state index >= 15 is 0 Å². The van der Waals surface area contributed by atoms with E-state index in [4.69, 9.17) is 15.8 Å². The van der Waals surface area contributed by atoms with E-state index in [1.54, 1.807) is 25.1 Å². The van der Waals surface area contributed by atoms with Gasteiger partial charge in [0.25, 0.3) is 0 Å². The van der Waals surface area contributed by atoms with E-state index in [2.05, 4.69) is 0 Å². The molecule has 29 heavy (non-hydrogen) atoms. The van der Waals surface area contributed by atoms with Crippen molar-refractivity contribution in [2.45, 2.75) is 13.3 Å². The van der Waals surface area contributed by atoms with Gasteiger partial charge in [-0.1, -0.05) is 17.7 Å². The molecule has 2 aromatic rings. The van der Waals surface area contributed by atoms with Crippen molar-refractivity contribution in [3.8, 4) is 11.5 Å². The van der Waals surface area contributed by atoms with Gasteiger partial charge in [0.2, 0.25) is 5.88 Å². The van der Waals surface area contributed by atoms with Crippen LogP contribution in [0, 0.1) is 6.92 Å². The number of phenols is 1. The van der Waals surface area contributed by atoms with Gasteiger partial charge in [0.05, 0.1) is 12.5 Å². The van der Waals surface area contributed by atoms with Crippen LogP contribution in [0.1, 0.15) is 16.7 Å². The predicted octanol–water partition coefficient (Wildman–Crippen LogP) is 2.29. The number of aromatic hydroxyl groups is 1. The molecule has 0 bridgehead atoms. The van der Waals surface area contributed by atoms with Crippen molar-refractivity contribution in [3.63, 3.8) is 0 Å². The van der Waals surface area contributed by atoms with E-state index in [-0.39, 0.29) is 23.6 Å². The molecule has 12 heteroatoms. The minimum absolute atomic E-state index is 0.0693. The van der Waals surface area contributed by atoms with Crippen molar-refractivity contribution in [2.24, 2.45) is 0 Å². The molecule has 0 atom stereocenters. The Balaban J connectivity index is 1.98. The molecule has 0 radical (unpaired) electrons. The van der Waals surface area contributed by atoms with Crippen LogP contribution in [0.2, 0.25) is 5.02 Å². The van der Waals surface area contributed by atoms with E-state index in [1.807, 2.05) is 4.72 Å². The zero-order valence-electron chi connectivity index (χ0n) is 15.2. The molecule has 3 N–H and O–H groups in total. The van der Waals surface area contributed by atoms with Gasteiger partial charge in [-0.05, 0) is 42.3 Å². The third-order valence-corrected chi connectivity index (χ3v) is 5.93. The van der Waals surface area contributed by atoms with Gasteiger partial charge in [0.1, 0.15) is 17.2 Å². The lowest BCUT2D eigenvalue weighted by Crippen LogP contribution is -2.29. The van der Waals surface area contributed by atoms with Gasteiger partial charge in [0.15, 0.2) is 0 Å². The summed E-state index contributed by atoms with van der Waals surface area (Å²) in [4.78, 5) is 0. The SMILES string of the molecule is Cc1cc(Cl)cc(Cc2ccc(N3C=C(O)NS3(=O)=O)c(O)c2)c1OS(C)(=O)=O. The zero-order valence-corrected chi connectivity index (χ0v) is 17.6. The average Bonchev–Trinajstić information content (AvgIpc) is 2.82. The van der Waals surface area contributed by atoms with E-state index < -0.39 is 26.2 Å². The van der Waals surface area contributed by atoms with Crippen LogP contribution in [-0.2, 0) is 26.7 Å². The molecule has 0 saturated carbocycles. The van der Waals surface area contributed by atoms with Gasteiger partial charge >= 0.3 is 20.3 Å². The molecule has 1 aliphatic rings. The van der Waals surface area contributed by atoms with Crippen molar-refractivity contribution < 1.29 is 31.2 Å². The van der Waals surface area contributed by atoms with Gasteiger partial charge in [0, 0.05) is 17.0 Å². The molecular formula is C17H17ClN2O7S2. The number of anilines is 1. The molecule has 0 aromatic heterocycles. The lowest BCUT2D eigenvalue weighted by atomic mass is 10.0. The molecule has 1 heterocycles. The van der Waals surface area contributed by atoms with Crippen LogP contribution in [0.3, 0.4) is 0 Å². The first-order chi connectivity index (χ1) is 13.4. The number of nitrogens with one attached hydrogen (secondary N) is 1. The highest BCUT2D eigenvalue weighted by atomic mass is 35.5. The second-order valence-corrected chi connectivity index (χ2v) is 9.97. The summed E-state index contributed by atoms with van der Waals surface area (Å²) in [5.41, 5.74) is 1.47. The maximum Gasteiger partial charge on any atom is 0.330 e. The van der Waals surface area contributed by atoms with Gasteiger partial charge in [-0.2, -0.15) is 16.8 Å². The highest BCUT2D eigenvalue weighted by molar-refractivity contribution is 7.91. The summed E-state index contributed by atoms with van der Waals surface area (Å²) in [7, 11) is -7.82. The number of hydrogen-bond acceptors (Lipinski definition) is 7. The zero-order chi connectivity index (χ0) is 21.6. The fraction of sp³-hybridized carbons (Fsp3) is 0.176. The molecule has 2 aromatic carbocycles. The van der Waals surface area contributed by atoms with Crippen LogP contribution in [0.5, 0.6) is 11.5 Å². The first-order valence-corrected chi connectivity index (χ1v) is 11.7. The van der Waals surface area contributed by atoms with Crippen molar-refractivity contribution in [1.29, 1.82) is 0 Å². The maximum atomic E-state index is 12.0. The van der Waals surface area contributed by atoms with E-state index in [0.717, 1.165) is 12.5 Å². The van der Waals surface area contributed by atoms with Crippen LogP contribution in [-0.4, -0.2) is 33.3 Å². The van der Waals surface area contributed by atoms with E-state index in [1.165, 1.54) is 12.1 Å². The number of aliphatic hydroxyl groups excluding tert-OH is 1. The first kappa shape index (κ1) is 21.1. The highest BCUT2D eigenvalue weighted by Crippen LogP contribution is 2.35. The standard InChI is InChI=1S/C17H17ClN2O7S2/c1-10-5-13(18)8-12(17(10)27-28(2,23)24)6-11-3-4-14(15(21)7-11)20-9-16(22)19-29(20,25)26/h3-5,7-9,19,21-22H,6H2,1-2H3. The fourth-order valence-corrected chi connectivity index (χ4v) is 4.78. The minimum atomic E-state index is -4.05. The number of phenolic OH excluding ortho intramolecular Hbond substituents is 1. The maximum absolute atomic E-state index is 12.0. The average molecular weight is 461 g/mol. The smallest absolute Gasteiger partial charge is 0.330 e. The minimum Gasteiger partial charge on any atom is -0.506 e. The molecule has 0 spiro atoms. The Labute approximate surface area is 173 Å². The molecule has 0 fully saturated rings. The molecule has 0 aliphatic carbocycles. The summed E-state index contributed by atoms with van der Waals surface area (Å²) in [6, 6.07) is 7.35. The highest BCUT2D eigenvalue weighted by Gasteiger charge is 2.30. The van der Waals surface area contributed by atoms with Gasteiger partial charge in [-0.3, -0.25) is 0 Å². The molecule has 0 unspecified atom stereocenters. The quantitative estimate of drug-likeness (QED) is 0.583. The largest absolute Gasteiger partial charge is 0.506 e. The van der Waals surface area contributed by atoms with Gasteiger partial charge < -0.3 is 14.4 Å². The number of aryl methyl sites for hydroxylation is 1. The molecule has 0 saturated heterocycles. The number of nitrogens with zero attached hydrogens (tertiary/aromatic N) is 1. The molecule has 1 aliphatic heterocycles. The summed E-state index contributed by atoms with van der Waals surface area (Å²) >= 11 is 6.08. The number of hydrogen-bond donors (Lipinski definition) is 3. The van der Waals surface area contributed by atoms with E-state index in [0.29, 0.717) is 26.0 Å². The van der Waals surface area contributed by atoms with Crippen LogP contribution in [0.4, 0.5) is 5.69 Å². The second kappa shape index (κ2) is 7.32. The Hall–Kier alpha value is -2.63. The first-order valence-electron chi connectivity index (χ1n) is 8.09. The Bertz CT molecular complexity index is 1220. The normalized spacial score (nSPS) is 15.7. The Kier molecular flexibility index (Phi) is 5.32. The lowest BCUT2D eigenvalue weighted by Gasteiger charge is -2.17. The number of halogens is 1. The third-order valence-electron chi connectivity index (χ3n) is 3.95. The number of rotatable bonds is 5. The molecule has 3 rings (SSSR count). The summed E-state index contributed by atoms with van der Waals surface area (Å²) in [5, 5.41) is 20.1. The predicted molar refractivity (Wildman–Crippen MR) is 108 cm³/mol. The van der Waals surface area contributed by atoms with Crippen LogP contribution >= 0.6 is 11.6 Å². The van der Waals surface area contributed by atoms with Gasteiger partial charge in [-0.25, -0.2) is 9.03 Å². The Morgan fingerprint density at radius 3 is 2.45 bits per heavy atom. The molecule has 156 valence electrons. The second-order valence-electron chi connectivity index (χ2n) is 6.42. The molecular weight excluding hydrogens is 444 g/mol. The summed E-state index contributed by atoms with van der Waals surface area (Å²) in [6.07, 6.45) is 2.01. The number of benzene rings is 2. The fourth-order valence-electron chi connectivity index (χ4n) is 2.87. The van der Waals surface area contributed by atoms with Crippen LogP contribution < -0.4 is 13.2 Å². The summed E-state index contributed by atoms with van der Waals surface area (Å²) in [5.74, 6) is -0.798. The van der Waals surface area contributed by atoms with Crippen LogP contribution in [0.15, 0.2) is 42.4 Å². The van der Waals surface area contributed by atoms with E-state index in [9.17, 15) is 27.0 Å². The van der Waals surface area contributed by atoms with Crippen molar-refractivity contribution in [3.05, 3.63) is 64.1 Å². The van der Waals surface area contributed by atoms with Gasteiger partial charge in [-0.15, -0.1) is 0 Å². The van der Waals surface area contributed by atoms with Crippen LogP contribution in [0.25, 0.3) is 0 Å². The lowest BCUT2D eigenvalue weighted by molar-refractivity contribution is 0.392. The monoisotopic (exact) mass is 460 g/mol. The Morgan fingerprint density at radius 2 is 1.90 bits per heavy atom. The number of aliphatic hydroxyl groups is 1. The van der Waals surface area contributed by atoms with Crippen molar-refractivity contribution in [2.75, 3.05) is 10.6 Å². The van der Waals surface area contributed by atoms with Crippen molar-refractivity contribution in [1.82, 2.24) is 4.72 Å². The molecule has 0 amide bonds. The topological polar surface area (TPSA) is 133 Å².